The quantitative estimate of drug-likeness (QED) is 0.189. The van der Waals surface area contributed by atoms with E-state index in [0.717, 1.165) is 35.7 Å². The number of nitrogens with zero attached hydrogens (tertiary/aromatic N) is 2. The Hall–Kier alpha value is -3.05. The summed E-state index contributed by atoms with van der Waals surface area (Å²) in [6, 6.07) is 17.9. The summed E-state index contributed by atoms with van der Waals surface area (Å²) >= 11 is 0. The van der Waals surface area contributed by atoms with Crippen LogP contribution in [-0.4, -0.2) is 58.0 Å². The van der Waals surface area contributed by atoms with E-state index in [9.17, 15) is 35.1 Å². The van der Waals surface area contributed by atoms with Crippen molar-refractivity contribution in [1.82, 2.24) is 10.2 Å². The molecular weight excluding hydrogens is 563 g/mol. The molecule has 0 saturated carbocycles. The molecule has 0 aromatic heterocycles. The van der Waals surface area contributed by atoms with Crippen molar-refractivity contribution in [3.63, 3.8) is 0 Å². The Labute approximate surface area is 227 Å². The third kappa shape index (κ3) is 8.00. The summed E-state index contributed by atoms with van der Waals surface area (Å²) in [5.41, 5.74) is 2.08. The Bertz CT molecular complexity index is 1230. The number of aliphatic hydroxyl groups is 1. The number of hydrogen-bond donors (Lipinski definition) is 2. The van der Waals surface area contributed by atoms with Crippen LogP contribution in [0.25, 0.3) is 0 Å². The molecule has 1 fully saturated rings. The summed E-state index contributed by atoms with van der Waals surface area (Å²) in [5.74, 6) is 1.33. The van der Waals surface area contributed by atoms with Crippen LogP contribution in [0.3, 0.4) is 0 Å². The molecule has 0 amide bonds. The topological polar surface area (TPSA) is 74.0 Å². The van der Waals surface area contributed by atoms with Crippen molar-refractivity contribution in [3.8, 4) is 5.75 Å². The second-order valence-electron chi connectivity index (χ2n) is 10.2. The van der Waals surface area contributed by atoms with Gasteiger partial charge in [-0.1, -0.05) is 42.5 Å². The molecule has 3 aliphatic rings. The molecule has 2 aromatic carbocycles. The van der Waals surface area contributed by atoms with Gasteiger partial charge >= 0.3 is 44.9 Å². The van der Waals surface area contributed by atoms with Crippen molar-refractivity contribution in [3.05, 3.63) is 65.7 Å². The molecule has 40 heavy (non-hydrogen) atoms. The summed E-state index contributed by atoms with van der Waals surface area (Å²) in [4.78, 5) is 15.2. The molecule has 1 saturated heterocycles. The molecular formula is C26H32F6N3O4P. The standard InChI is InChI=1S/C26H31N3O4.F6P/c1-17-24(25(31)33-16-19-6-4-3-5-7-19)22-13-10-20-14-23(30)28(26(27-17)29(20)22)15-18-8-11-21(32-2)12-9-18;1-7(2,3,4,5)6/h3-9,11-12,17,20,22-24,30H,10,13-16H2,1-2H3;/q;-1/p+1/t17-,20+,22+,23?,24+;/m1./s1. The number of aliphatic hydroxyl groups excluding tert-OH is 1. The Balaban J connectivity index is 0.000000470. The van der Waals surface area contributed by atoms with Gasteiger partial charge in [0.1, 0.15) is 18.3 Å². The van der Waals surface area contributed by atoms with Crippen LogP contribution in [0.1, 0.15) is 37.3 Å². The van der Waals surface area contributed by atoms with Crippen molar-refractivity contribution >= 4 is 19.7 Å². The number of halogens is 6. The van der Waals surface area contributed by atoms with Crippen molar-refractivity contribution in [2.24, 2.45) is 5.92 Å². The van der Waals surface area contributed by atoms with Crippen molar-refractivity contribution < 1.29 is 49.1 Å². The molecule has 0 aliphatic carbocycles. The molecule has 2 N–H and O–H groups in total. The first-order chi connectivity index (χ1) is 18.5. The number of methoxy groups -OCH3 is 1. The van der Waals surface area contributed by atoms with Gasteiger partial charge in [-0.25, -0.2) is 4.90 Å². The maximum absolute atomic E-state index is 13.2. The predicted molar refractivity (Wildman–Crippen MR) is 137 cm³/mol. The number of guanidine groups is 1. The summed E-state index contributed by atoms with van der Waals surface area (Å²) in [5, 5.41) is 14.5. The van der Waals surface area contributed by atoms with Gasteiger partial charge in [0, 0.05) is 6.42 Å². The third-order valence-corrected chi connectivity index (χ3v) is 7.22. The van der Waals surface area contributed by atoms with E-state index in [1.807, 2.05) is 66.4 Å². The van der Waals surface area contributed by atoms with E-state index in [0.29, 0.717) is 13.0 Å². The first-order valence-corrected chi connectivity index (χ1v) is 14.8. The fourth-order valence-corrected chi connectivity index (χ4v) is 5.56. The van der Waals surface area contributed by atoms with Gasteiger partial charge in [-0.2, -0.15) is 0 Å². The van der Waals surface area contributed by atoms with Crippen LogP contribution in [0.15, 0.2) is 54.6 Å². The minimum atomic E-state index is -10.7. The van der Waals surface area contributed by atoms with E-state index in [-0.39, 0.29) is 36.6 Å². The molecule has 0 spiro atoms. The summed E-state index contributed by atoms with van der Waals surface area (Å²) in [6.07, 6.45) is 1.99. The average Bonchev–Trinajstić information content (AvgIpc) is 3.27. The fraction of sp³-hybridized carbons (Fsp3) is 0.462. The number of benzene rings is 2. The minimum absolute atomic E-state index is 0.0791. The first-order valence-electron chi connectivity index (χ1n) is 12.8. The van der Waals surface area contributed by atoms with E-state index in [4.69, 9.17) is 9.47 Å². The SMILES string of the molecule is COc1ccc(CN2C3=[N+]4[C@@H](CC[C@H]4[C@@H](C(=O)OCc4ccccc4)[C@@H](C)N3)CC2O)cc1.F[P-](F)(F)(F)(F)F. The van der Waals surface area contributed by atoms with E-state index in [2.05, 4.69) is 9.89 Å². The second kappa shape index (κ2) is 10.4. The van der Waals surface area contributed by atoms with E-state index in [1.54, 1.807) is 7.11 Å². The molecule has 5 atom stereocenters. The Morgan fingerprint density at radius 2 is 1.65 bits per heavy atom. The maximum atomic E-state index is 13.2. The molecule has 0 bridgehead atoms. The van der Waals surface area contributed by atoms with Gasteiger partial charge in [-0.05, 0) is 43.0 Å². The first kappa shape index (κ1) is 29.9. The molecule has 2 aromatic rings. The van der Waals surface area contributed by atoms with Crippen LogP contribution in [-0.2, 0) is 22.7 Å². The number of rotatable bonds is 6. The van der Waals surface area contributed by atoms with Gasteiger partial charge in [-0.3, -0.25) is 14.7 Å². The number of ether oxygens (including phenoxy) is 2. The number of hydrogen-bond acceptors (Lipinski definition) is 6. The zero-order chi connectivity index (χ0) is 29.4. The number of esters is 1. The van der Waals surface area contributed by atoms with E-state index in [1.165, 1.54) is 0 Å². The fourth-order valence-electron chi connectivity index (χ4n) is 5.56. The van der Waals surface area contributed by atoms with Crippen LogP contribution in [0, 0.1) is 5.92 Å². The van der Waals surface area contributed by atoms with Crippen LogP contribution in [0.4, 0.5) is 25.2 Å². The molecule has 222 valence electrons. The Morgan fingerprint density at radius 1 is 1.02 bits per heavy atom. The van der Waals surface area contributed by atoms with Gasteiger partial charge in [-0.15, -0.1) is 0 Å². The van der Waals surface area contributed by atoms with Gasteiger partial charge in [0.2, 0.25) is 0 Å². The second-order valence-corrected chi connectivity index (χ2v) is 12.1. The molecule has 0 radical (unpaired) electrons. The zero-order valence-corrected chi connectivity index (χ0v) is 22.8. The van der Waals surface area contributed by atoms with Crippen LogP contribution in [0.5, 0.6) is 5.75 Å². The zero-order valence-electron chi connectivity index (χ0n) is 21.9. The molecule has 14 heteroatoms. The van der Waals surface area contributed by atoms with Crippen molar-refractivity contribution in [2.75, 3.05) is 7.11 Å². The molecule has 3 heterocycles. The number of carbonyl (C=O) groups is 1. The monoisotopic (exact) mass is 595 g/mol. The van der Waals surface area contributed by atoms with Gasteiger partial charge < -0.3 is 14.6 Å². The van der Waals surface area contributed by atoms with Crippen LogP contribution in [0.2, 0.25) is 0 Å². The van der Waals surface area contributed by atoms with Gasteiger partial charge in [0.15, 0.2) is 6.23 Å². The van der Waals surface area contributed by atoms with E-state index < -0.39 is 14.0 Å². The van der Waals surface area contributed by atoms with Crippen LogP contribution >= 0.6 is 7.81 Å². The number of nitrogens with one attached hydrogen (secondary N) is 1. The summed E-state index contributed by atoms with van der Waals surface area (Å²) in [7, 11) is -9.00. The molecule has 5 rings (SSSR count). The average molecular weight is 596 g/mol. The van der Waals surface area contributed by atoms with E-state index >= 15 is 0 Å². The molecule has 7 nitrogen and oxygen atoms in total. The predicted octanol–water partition coefficient (Wildman–Crippen LogP) is 5.85. The Kier molecular flexibility index (Phi) is 7.79. The molecule has 1 unspecified atom stereocenters. The third-order valence-electron chi connectivity index (χ3n) is 7.22. The Morgan fingerprint density at radius 3 is 2.25 bits per heavy atom. The van der Waals surface area contributed by atoms with Gasteiger partial charge in [0.25, 0.3) is 0 Å². The normalized spacial score (nSPS) is 27.3. The van der Waals surface area contributed by atoms with Crippen molar-refractivity contribution in [2.45, 2.75) is 63.7 Å². The summed E-state index contributed by atoms with van der Waals surface area (Å²) < 4.78 is 72.5. The number of carbonyl (C=O) groups excluding carboxylic acids is 1. The summed E-state index contributed by atoms with van der Waals surface area (Å²) in [6.45, 7) is 2.91. The van der Waals surface area contributed by atoms with Gasteiger partial charge in [0.05, 0.1) is 31.8 Å². The van der Waals surface area contributed by atoms with Crippen molar-refractivity contribution in [1.29, 1.82) is 0 Å². The molecule has 3 aliphatic heterocycles. The van der Waals surface area contributed by atoms with Crippen LogP contribution < -0.4 is 10.1 Å².